The average molecular weight is 442 g/mol. The molecule has 1 saturated carbocycles. The van der Waals surface area contributed by atoms with Crippen LogP contribution in [0.3, 0.4) is 0 Å². The highest BCUT2D eigenvalue weighted by atomic mass is 16.5. The molecule has 1 aromatic carbocycles. The second-order valence-electron chi connectivity index (χ2n) is 9.90. The molecule has 0 spiro atoms. The maximum atomic E-state index is 12.5. The molecule has 1 fully saturated rings. The van der Waals surface area contributed by atoms with Crippen LogP contribution in [0, 0.1) is 11.3 Å². The van der Waals surface area contributed by atoms with E-state index in [1.54, 1.807) is 14.2 Å². The summed E-state index contributed by atoms with van der Waals surface area (Å²) in [5, 5.41) is 9.47. The molecule has 1 aliphatic heterocycles. The first-order chi connectivity index (χ1) is 15.1. The summed E-state index contributed by atoms with van der Waals surface area (Å²) in [6.07, 6.45) is 4.50. The molecular weight excluding hydrogens is 410 g/mol. The summed E-state index contributed by atoms with van der Waals surface area (Å²) >= 11 is 0. The molecule has 2 heterocycles. The van der Waals surface area contributed by atoms with Crippen molar-refractivity contribution in [3.8, 4) is 22.8 Å². The summed E-state index contributed by atoms with van der Waals surface area (Å²) in [4.78, 5) is 24.1. The lowest BCUT2D eigenvalue weighted by atomic mass is 9.78. The quantitative estimate of drug-likeness (QED) is 0.724. The second kappa shape index (κ2) is 8.28. The Bertz CT molecular complexity index is 1090. The lowest BCUT2D eigenvalue weighted by Crippen LogP contribution is -2.34. The molecule has 0 unspecified atom stereocenters. The minimum Gasteiger partial charge on any atom is -0.493 e. The number of hydrogen-bond donors (Lipinski definition) is 1. The predicted octanol–water partition coefficient (Wildman–Crippen LogP) is 4.17. The van der Waals surface area contributed by atoms with Crippen LogP contribution in [0.2, 0.25) is 0 Å². The molecule has 4 rings (SSSR count). The smallest absolute Gasteiger partial charge is 0.341 e. The molecule has 2 aromatic rings. The van der Waals surface area contributed by atoms with Crippen LogP contribution in [0.25, 0.3) is 11.3 Å². The van der Waals surface area contributed by atoms with Crippen LogP contribution < -0.4 is 14.9 Å². The number of carboxylic acid groups (broad SMARTS) is 1. The van der Waals surface area contributed by atoms with Crippen molar-refractivity contribution in [1.29, 1.82) is 0 Å². The Labute approximate surface area is 187 Å². The van der Waals surface area contributed by atoms with E-state index < -0.39 is 11.4 Å². The van der Waals surface area contributed by atoms with E-state index in [-0.39, 0.29) is 17.0 Å². The zero-order valence-electron chi connectivity index (χ0n) is 19.3. The summed E-state index contributed by atoms with van der Waals surface area (Å²) < 4.78 is 19.0. The highest BCUT2D eigenvalue weighted by molar-refractivity contribution is 5.88. The fourth-order valence-corrected chi connectivity index (χ4v) is 4.71. The van der Waals surface area contributed by atoms with E-state index in [2.05, 4.69) is 20.8 Å². The number of nitrogens with zero attached hydrogens (tertiary/aromatic N) is 1. The molecule has 0 saturated heterocycles. The number of rotatable bonds is 6. The number of aromatic carboxylic acids is 1. The van der Waals surface area contributed by atoms with Gasteiger partial charge >= 0.3 is 5.97 Å². The SMILES string of the molecule is COc1cc2c(cc1OCC1CC(OC)C1)C[C@@H](C(C)(C)C)n1cc(C(=O)O)c(=O)cc1-2. The number of benzene rings is 1. The molecule has 172 valence electrons. The van der Waals surface area contributed by atoms with Crippen LogP contribution in [0.1, 0.15) is 55.6 Å². The molecule has 2 aliphatic rings. The summed E-state index contributed by atoms with van der Waals surface area (Å²) in [5.41, 5.74) is 1.76. The standard InChI is InChI=1S/C25H31NO6/c1-25(2,3)23-9-15-8-22(32-13-14-6-16(7-14)30-4)21(31-5)10-17(15)19-11-20(27)18(24(28)29)12-26(19)23/h8,10-12,14,16,23H,6-7,9,13H2,1-5H3,(H,28,29)/t14?,16?,23-/m0/s1. The number of methoxy groups -OCH3 is 2. The summed E-state index contributed by atoms with van der Waals surface area (Å²) in [7, 11) is 3.34. The van der Waals surface area contributed by atoms with Gasteiger partial charge in [0.1, 0.15) is 5.56 Å². The number of pyridine rings is 1. The van der Waals surface area contributed by atoms with Crippen molar-refractivity contribution in [3.05, 3.63) is 45.7 Å². The molecule has 32 heavy (non-hydrogen) atoms. The van der Waals surface area contributed by atoms with Crippen molar-refractivity contribution >= 4 is 5.97 Å². The van der Waals surface area contributed by atoms with E-state index in [0.717, 1.165) is 24.0 Å². The van der Waals surface area contributed by atoms with E-state index in [1.165, 1.54) is 12.3 Å². The third-order valence-electron chi connectivity index (χ3n) is 6.72. The molecule has 7 nitrogen and oxygen atoms in total. The minimum absolute atomic E-state index is 0.0148. The highest BCUT2D eigenvalue weighted by Crippen LogP contribution is 2.46. The number of aromatic nitrogens is 1. The Morgan fingerprint density at radius 3 is 2.47 bits per heavy atom. The molecule has 1 N–H and O–H groups in total. The van der Waals surface area contributed by atoms with E-state index >= 15 is 0 Å². The largest absolute Gasteiger partial charge is 0.493 e. The number of hydrogen-bond acceptors (Lipinski definition) is 5. The van der Waals surface area contributed by atoms with Crippen LogP contribution in [-0.2, 0) is 11.2 Å². The van der Waals surface area contributed by atoms with Gasteiger partial charge in [0.25, 0.3) is 0 Å². The number of fused-ring (bicyclic) bond motifs is 3. The fourth-order valence-electron chi connectivity index (χ4n) is 4.71. The van der Waals surface area contributed by atoms with Crippen LogP contribution in [0.5, 0.6) is 11.5 Å². The van der Waals surface area contributed by atoms with Crippen molar-refractivity contribution in [2.24, 2.45) is 11.3 Å². The Hall–Kier alpha value is -2.80. The highest BCUT2D eigenvalue weighted by Gasteiger charge is 2.35. The van der Waals surface area contributed by atoms with Gasteiger partial charge in [-0.2, -0.15) is 0 Å². The van der Waals surface area contributed by atoms with Gasteiger partial charge in [-0.1, -0.05) is 20.8 Å². The molecule has 7 heteroatoms. The first-order valence-corrected chi connectivity index (χ1v) is 11.0. The lowest BCUT2D eigenvalue weighted by Gasteiger charge is -2.39. The third kappa shape index (κ3) is 4.01. The average Bonchev–Trinajstić information content (AvgIpc) is 2.70. The Morgan fingerprint density at radius 1 is 1.16 bits per heavy atom. The number of ether oxygens (including phenoxy) is 3. The Balaban J connectivity index is 1.75. The van der Waals surface area contributed by atoms with Crippen molar-refractivity contribution in [1.82, 2.24) is 4.57 Å². The van der Waals surface area contributed by atoms with Gasteiger partial charge in [0.05, 0.1) is 25.5 Å². The monoisotopic (exact) mass is 441 g/mol. The van der Waals surface area contributed by atoms with Gasteiger partial charge in [-0.3, -0.25) is 4.79 Å². The van der Waals surface area contributed by atoms with E-state index in [4.69, 9.17) is 14.2 Å². The van der Waals surface area contributed by atoms with Gasteiger partial charge in [0, 0.05) is 31.0 Å². The lowest BCUT2D eigenvalue weighted by molar-refractivity contribution is -0.0144. The molecule has 0 amide bonds. The predicted molar refractivity (Wildman–Crippen MR) is 121 cm³/mol. The molecule has 1 aromatic heterocycles. The second-order valence-corrected chi connectivity index (χ2v) is 9.90. The summed E-state index contributed by atoms with van der Waals surface area (Å²) in [6.45, 7) is 6.97. The molecule has 0 bridgehead atoms. The molecule has 1 aliphatic carbocycles. The van der Waals surface area contributed by atoms with Crippen LogP contribution >= 0.6 is 0 Å². The summed E-state index contributed by atoms with van der Waals surface area (Å²) in [5.74, 6) is 0.549. The first kappa shape index (κ1) is 22.4. The number of carbonyl (C=O) groups is 1. The fraction of sp³-hybridized carbons (Fsp3) is 0.520. The number of carboxylic acids is 1. The van der Waals surface area contributed by atoms with Gasteiger partial charge in [-0.15, -0.1) is 0 Å². The maximum Gasteiger partial charge on any atom is 0.341 e. The zero-order chi connectivity index (χ0) is 23.2. The van der Waals surface area contributed by atoms with Crippen LogP contribution in [-0.4, -0.2) is 42.6 Å². The van der Waals surface area contributed by atoms with Crippen molar-refractivity contribution in [2.45, 2.75) is 52.2 Å². The topological polar surface area (TPSA) is 87.0 Å². The third-order valence-corrected chi connectivity index (χ3v) is 6.72. The molecule has 0 radical (unpaired) electrons. The van der Waals surface area contributed by atoms with Crippen LogP contribution in [0.15, 0.2) is 29.2 Å². The minimum atomic E-state index is -1.21. The summed E-state index contributed by atoms with van der Waals surface area (Å²) in [6, 6.07) is 5.32. The van der Waals surface area contributed by atoms with E-state index in [9.17, 15) is 14.7 Å². The van der Waals surface area contributed by atoms with Crippen molar-refractivity contribution in [2.75, 3.05) is 20.8 Å². The molecular formula is C25H31NO6. The van der Waals surface area contributed by atoms with Crippen LogP contribution in [0.4, 0.5) is 0 Å². The normalized spacial score (nSPS) is 21.8. The van der Waals surface area contributed by atoms with Crippen molar-refractivity contribution in [3.63, 3.8) is 0 Å². The molecule has 1 atom stereocenters. The van der Waals surface area contributed by atoms with Gasteiger partial charge in [-0.25, -0.2) is 4.79 Å². The first-order valence-electron chi connectivity index (χ1n) is 11.0. The maximum absolute atomic E-state index is 12.5. The van der Waals surface area contributed by atoms with Gasteiger partial charge in [0.2, 0.25) is 0 Å². The van der Waals surface area contributed by atoms with E-state index in [0.29, 0.717) is 42.2 Å². The van der Waals surface area contributed by atoms with Gasteiger partial charge in [0.15, 0.2) is 16.9 Å². The van der Waals surface area contributed by atoms with Gasteiger partial charge < -0.3 is 23.9 Å². The van der Waals surface area contributed by atoms with E-state index in [1.807, 2.05) is 16.7 Å². The Kier molecular flexibility index (Phi) is 5.79. The Morgan fingerprint density at radius 2 is 1.88 bits per heavy atom. The zero-order valence-corrected chi connectivity index (χ0v) is 19.3. The van der Waals surface area contributed by atoms with Gasteiger partial charge in [-0.05, 0) is 48.3 Å². The van der Waals surface area contributed by atoms with Crippen molar-refractivity contribution < 1.29 is 24.1 Å².